The minimum absolute atomic E-state index is 0.0294. The Morgan fingerprint density at radius 1 is 1.15 bits per heavy atom. The molecule has 2 amide bonds. The summed E-state index contributed by atoms with van der Waals surface area (Å²) in [6.45, 7) is 4.67. The third-order valence-corrected chi connectivity index (χ3v) is 5.94. The zero-order chi connectivity index (χ0) is 24.0. The predicted molar refractivity (Wildman–Crippen MR) is 127 cm³/mol. The van der Waals surface area contributed by atoms with Gasteiger partial charge in [-0.05, 0) is 43.0 Å². The van der Waals surface area contributed by atoms with Gasteiger partial charge in [0.05, 0.1) is 27.7 Å². The first-order chi connectivity index (χ1) is 15.8. The normalized spacial score (nSPS) is 14.1. The lowest BCUT2D eigenvalue weighted by atomic mass is 9.97. The summed E-state index contributed by atoms with van der Waals surface area (Å²) >= 11 is 6.08. The average Bonchev–Trinajstić information content (AvgIpc) is 2.79. The van der Waals surface area contributed by atoms with E-state index in [0.29, 0.717) is 30.3 Å². The van der Waals surface area contributed by atoms with Gasteiger partial charge < -0.3 is 20.3 Å². The maximum absolute atomic E-state index is 12.9. The summed E-state index contributed by atoms with van der Waals surface area (Å²) in [5.74, 6) is -0.143. The number of carbonyl (C=O) groups is 2. The van der Waals surface area contributed by atoms with Crippen LogP contribution in [0.3, 0.4) is 0 Å². The van der Waals surface area contributed by atoms with Crippen molar-refractivity contribution in [2.24, 2.45) is 5.92 Å². The van der Waals surface area contributed by atoms with E-state index in [1.54, 1.807) is 19.2 Å². The number of nitro benzene ring substituents is 1. The highest BCUT2D eigenvalue weighted by atomic mass is 35.5. The van der Waals surface area contributed by atoms with Crippen LogP contribution in [-0.4, -0.2) is 50.1 Å². The van der Waals surface area contributed by atoms with Gasteiger partial charge in [0, 0.05) is 50.3 Å². The largest absolute Gasteiger partial charge is 0.383 e. The molecule has 0 saturated carbocycles. The number of anilines is 2. The second-order valence-corrected chi connectivity index (χ2v) is 8.43. The Balaban J connectivity index is 1.85. The number of halogens is 1. The first-order valence-electron chi connectivity index (χ1n) is 10.7. The van der Waals surface area contributed by atoms with Gasteiger partial charge in [0.1, 0.15) is 0 Å². The second-order valence-electron chi connectivity index (χ2n) is 8.03. The standard InChI is InChI=1S/C23H27ClN4O5/c1-15-7-10-27(11-8-15)21-6-3-16(13-19(21)22(29)25-9-12-33-2)26-23(30)18-5-4-17(28(31)32)14-20(18)24/h3-6,13-15H,7-12H2,1-2H3,(H,25,29)(H,26,30). The molecule has 3 rings (SSSR count). The summed E-state index contributed by atoms with van der Waals surface area (Å²) < 4.78 is 5.01. The number of carbonyl (C=O) groups excluding carboxylic acids is 2. The minimum atomic E-state index is -0.581. The van der Waals surface area contributed by atoms with E-state index >= 15 is 0 Å². The molecule has 0 aliphatic carbocycles. The Morgan fingerprint density at radius 3 is 2.52 bits per heavy atom. The highest BCUT2D eigenvalue weighted by molar-refractivity contribution is 6.34. The molecule has 1 saturated heterocycles. The highest BCUT2D eigenvalue weighted by Crippen LogP contribution is 2.29. The van der Waals surface area contributed by atoms with Crippen LogP contribution in [0, 0.1) is 16.0 Å². The van der Waals surface area contributed by atoms with Crippen LogP contribution in [0.1, 0.15) is 40.5 Å². The van der Waals surface area contributed by atoms with Gasteiger partial charge in [-0.2, -0.15) is 0 Å². The van der Waals surface area contributed by atoms with Gasteiger partial charge in [-0.15, -0.1) is 0 Å². The van der Waals surface area contributed by atoms with Crippen molar-refractivity contribution in [2.75, 3.05) is 43.6 Å². The third-order valence-electron chi connectivity index (χ3n) is 5.62. The zero-order valence-corrected chi connectivity index (χ0v) is 19.4. The third kappa shape index (κ3) is 6.21. The topological polar surface area (TPSA) is 114 Å². The van der Waals surface area contributed by atoms with Crippen LogP contribution in [-0.2, 0) is 4.74 Å². The summed E-state index contributed by atoms with van der Waals surface area (Å²) in [6, 6.07) is 8.84. The van der Waals surface area contributed by atoms with Crippen LogP contribution in [0.15, 0.2) is 36.4 Å². The number of hydrogen-bond acceptors (Lipinski definition) is 6. The van der Waals surface area contributed by atoms with E-state index in [2.05, 4.69) is 22.5 Å². The van der Waals surface area contributed by atoms with Crippen molar-refractivity contribution >= 4 is 40.5 Å². The molecule has 1 aliphatic heterocycles. The number of nitro groups is 1. The Labute approximate surface area is 197 Å². The van der Waals surface area contributed by atoms with E-state index in [-0.39, 0.29) is 22.2 Å². The first-order valence-corrected chi connectivity index (χ1v) is 11.1. The molecule has 1 aliphatic rings. The van der Waals surface area contributed by atoms with E-state index in [0.717, 1.165) is 37.7 Å². The quantitative estimate of drug-likeness (QED) is 0.338. The lowest BCUT2D eigenvalue weighted by Gasteiger charge is -2.33. The maximum atomic E-state index is 12.9. The number of piperidine rings is 1. The molecule has 33 heavy (non-hydrogen) atoms. The van der Waals surface area contributed by atoms with E-state index < -0.39 is 10.8 Å². The molecule has 1 heterocycles. The van der Waals surface area contributed by atoms with Crippen molar-refractivity contribution in [1.29, 1.82) is 0 Å². The molecule has 0 spiro atoms. The second kappa shape index (κ2) is 11.1. The van der Waals surface area contributed by atoms with E-state index in [4.69, 9.17) is 16.3 Å². The van der Waals surface area contributed by atoms with Gasteiger partial charge in [-0.3, -0.25) is 19.7 Å². The lowest BCUT2D eigenvalue weighted by molar-refractivity contribution is -0.384. The molecule has 2 aromatic carbocycles. The summed E-state index contributed by atoms with van der Waals surface area (Å²) in [5, 5.41) is 16.4. The van der Waals surface area contributed by atoms with Crippen molar-refractivity contribution in [2.45, 2.75) is 19.8 Å². The van der Waals surface area contributed by atoms with Crippen molar-refractivity contribution < 1.29 is 19.2 Å². The molecule has 176 valence electrons. The molecule has 0 atom stereocenters. The van der Waals surface area contributed by atoms with Crippen LogP contribution in [0.4, 0.5) is 17.1 Å². The summed E-state index contributed by atoms with van der Waals surface area (Å²) in [4.78, 5) is 38.2. The summed E-state index contributed by atoms with van der Waals surface area (Å²) in [7, 11) is 1.56. The number of hydrogen-bond donors (Lipinski definition) is 2. The molecule has 2 aromatic rings. The van der Waals surface area contributed by atoms with E-state index in [1.807, 2.05) is 6.07 Å². The minimum Gasteiger partial charge on any atom is -0.383 e. The molecule has 0 unspecified atom stereocenters. The van der Waals surface area contributed by atoms with Crippen LogP contribution in [0.25, 0.3) is 0 Å². The highest BCUT2D eigenvalue weighted by Gasteiger charge is 2.22. The number of ether oxygens (including phenoxy) is 1. The first kappa shape index (κ1) is 24.5. The smallest absolute Gasteiger partial charge is 0.270 e. The van der Waals surface area contributed by atoms with Crippen molar-refractivity contribution in [3.8, 4) is 0 Å². The van der Waals surface area contributed by atoms with Gasteiger partial charge in [0.15, 0.2) is 0 Å². The molecule has 0 aromatic heterocycles. The molecule has 0 bridgehead atoms. The van der Waals surface area contributed by atoms with Gasteiger partial charge in [-0.1, -0.05) is 18.5 Å². The number of nitrogens with zero attached hydrogens (tertiary/aromatic N) is 2. The molecule has 9 nitrogen and oxygen atoms in total. The number of nitrogens with one attached hydrogen (secondary N) is 2. The van der Waals surface area contributed by atoms with Crippen LogP contribution >= 0.6 is 11.6 Å². The molecule has 10 heteroatoms. The fourth-order valence-electron chi connectivity index (χ4n) is 3.68. The summed E-state index contributed by atoms with van der Waals surface area (Å²) in [6.07, 6.45) is 2.09. The summed E-state index contributed by atoms with van der Waals surface area (Å²) in [5.41, 5.74) is 1.58. The maximum Gasteiger partial charge on any atom is 0.270 e. The van der Waals surface area contributed by atoms with Gasteiger partial charge in [-0.25, -0.2) is 0 Å². The van der Waals surface area contributed by atoms with Crippen molar-refractivity contribution in [1.82, 2.24) is 5.32 Å². The molecule has 2 N–H and O–H groups in total. The molecular weight excluding hydrogens is 448 g/mol. The van der Waals surface area contributed by atoms with Crippen LogP contribution in [0.2, 0.25) is 5.02 Å². The number of benzene rings is 2. The number of rotatable bonds is 8. The van der Waals surface area contributed by atoms with Crippen molar-refractivity contribution in [3.63, 3.8) is 0 Å². The molecular formula is C23H27ClN4O5. The van der Waals surface area contributed by atoms with E-state index in [1.165, 1.54) is 12.1 Å². The fraction of sp³-hybridized carbons (Fsp3) is 0.391. The zero-order valence-electron chi connectivity index (χ0n) is 18.6. The number of methoxy groups -OCH3 is 1. The van der Waals surface area contributed by atoms with Crippen LogP contribution in [0.5, 0.6) is 0 Å². The predicted octanol–water partition coefficient (Wildman–Crippen LogP) is 4.11. The number of amides is 2. The number of non-ortho nitro benzene ring substituents is 1. The molecule has 0 radical (unpaired) electrons. The monoisotopic (exact) mass is 474 g/mol. The lowest BCUT2D eigenvalue weighted by Crippen LogP contribution is -2.35. The average molecular weight is 475 g/mol. The van der Waals surface area contributed by atoms with Crippen LogP contribution < -0.4 is 15.5 Å². The van der Waals surface area contributed by atoms with Crippen molar-refractivity contribution in [3.05, 3.63) is 62.7 Å². The fourth-order valence-corrected chi connectivity index (χ4v) is 3.94. The van der Waals surface area contributed by atoms with Gasteiger partial charge in [0.2, 0.25) is 0 Å². The Kier molecular flexibility index (Phi) is 8.24. The SMILES string of the molecule is COCCNC(=O)c1cc(NC(=O)c2ccc([N+](=O)[O-])cc2Cl)ccc1N1CCC(C)CC1. The van der Waals surface area contributed by atoms with E-state index in [9.17, 15) is 19.7 Å². The Hall–Kier alpha value is -3.17. The Morgan fingerprint density at radius 2 is 1.88 bits per heavy atom. The Bertz CT molecular complexity index is 1040. The molecule has 1 fully saturated rings. The van der Waals surface area contributed by atoms with Gasteiger partial charge in [0.25, 0.3) is 17.5 Å². The van der Waals surface area contributed by atoms with Gasteiger partial charge >= 0.3 is 0 Å².